The average Bonchev–Trinajstić information content (AvgIpc) is 2.67. The third-order valence-corrected chi connectivity index (χ3v) is 4.11. The topological polar surface area (TPSA) is 50.4 Å². The molecule has 4 heteroatoms. The zero-order valence-corrected chi connectivity index (χ0v) is 15.7. The van der Waals surface area contributed by atoms with E-state index in [1.54, 1.807) is 0 Å². The van der Waals surface area contributed by atoms with Crippen LogP contribution in [0.1, 0.15) is 44.6 Å². The Labute approximate surface area is 157 Å². The molecule has 0 heterocycles. The average molecular weight is 354 g/mol. The van der Waals surface area contributed by atoms with Crippen LogP contribution in [0.2, 0.25) is 0 Å². The lowest BCUT2D eigenvalue weighted by Crippen LogP contribution is -2.28. The zero-order chi connectivity index (χ0) is 18.5. The van der Waals surface area contributed by atoms with E-state index in [9.17, 15) is 4.79 Å². The fourth-order valence-electron chi connectivity index (χ4n) is 2.67. The molecule has 0 saturated heterocycles. The van der Waals surface area contributed by atoms with Crippen molar-refractivity contribution in [3.05, 3.63) is 60.2 Å². The molecule has 2 N–H and O–H groups in total. The van der Waals surface area contributed by atoms with Crippen LogP contribution in [-0.4, -0.2) is 19.0 Å². The first-order valence-electron chi connectivity index (χ1n) is 9.55. The van der Waals surface area contributed by atoms with Crippen LogP contribution in [0, 0.1) is 0 Å². The number of anilines is 1. The molecule has 0 aliphatic heterocycles. The second-order valence-corrected chi connectivity index (χ2v) is 6.44. The highest BCUT2D eigenvalue weighted by molar-refractivity contribution is 5.92. The molecule has 1 amide bonds. The summed E-state index contributed by atoms with van der Waals surface area (Å²) >= 11 is 0. The van der Waals surface area contributed by atoms with Gasteiger partial charge in [-0.3, -0.25) is 4.79 Å². The third kappa shape index (κ3) is 8.17. The van der Waals surface area contributed by atoms with E-state index in [4.69, 9.17) is 4.74 Å². The molecule has 140 valence electrons. The van der Waals surface area contributed by atoms with Gasteiger partial charge < -0.3 is 15.4 Å². The van der Waals surface area contributed by atoms with Crippen molar-refractivity contribution in [1.82, 2.24) is 5.32 Å². The molecule has 2 aromatic rings. The van der Waals surface area contributed by atoms with Crippen LogP contribution < -0.4 is 15.4 Å². The van der Waals surface area contributed by atoms with Crippen LogP contribution in [-0.2, 0) is 11.4 Å². The fourth-order valence-corrected chi connectivity index (χ4v) is 2.67. The first-order valence-corrected chi connectivity index (χ1v) is 9.55. The van der Waals surface area contributed by atoms with Crippen molar-refractivity contribution >= 4 is 11.6 Å². The summed E-state index contributed by atoms with van der Waals surface area (Å²) in [5, 5.41) is 6.11. The minimum Gasteiger partial charge on any atom is -0.489 e. The summed E-state index contributed by atoms with van der Waals surface area (Å²) in [6.07, 6.45) is 6.17. The van der Waals surface area contributed by atoms with Crippen LogP contribution in [0.5, 0.6) is 5.75 Å². The number of rotatable bonds is 12. The number of nitrogens with one attached hydrogen (secondary N) is 2. The molecular formula is C22H30N2O2. The Morgan fingerprint density at radius 3 is 2.58 bits per heavy atom. The third-order valence-electron chi connectivity index (χ3n) is 4.11. The number of unbranched alkanes of at least 4 members (excludes halogenated alkanes) is 4. The lowest BCUT2D eigenvalue weighted by molar-refractivity contribution is -0.115. The van der Waals surface area contributed by atoms with Gasteiger partial charge in [0.1, 0.15) is 12.4 Å². The highest BCUT2D eigenvalue weighted by Gasteiger charge is 2.03. The maximum Gasteiger partial charge on any atom is 0.238 e. The van der Waals surface area contributed by atoms with Crippen molar-refractivity contribution in [1.29, 1.82) is 0 Å². The van der Waals surface area contributed by atoms with Crippen molar-refractivity contribution in [3.8, 4) is 5.75 Å². The van der Waals surface area contributed by atoms with E-state index in [1.165, 1.54) is 25.7 Å². The molecule has 2 rings (SSSR count). The monoisotopic (exact) mass is 354 g/mol. The molecule has 0 bridgehead atoms. The maximum absolute atomic E-state index is 12.0. The molecule has 2 aromatic carbocycles. The molecule has 0 fully saturated rings. The van der Waals surface area contributed by atoms with Crippen LogP contribution in [0.25, 0.3) is 0 Å². The van der Waals surface area contributed by atoms with Gasteiger partial charge in [0.15, 0.2) is 0 Å². The Kier molecular flexibility index (Phi) is 9.30. The fraction of sp³-hybridized carbons (Fsp3) is 0.409. The van der Waals surface area contributed by atoms with Crippen molar-refractivity contribution in [3.63, 3.8) is 0 Å². The van der Waals surface area contributed by atoms with Gasteiger partial charge in [-0.25, -0.2) is 0 Å². The number of hydrogen-bond donors (Lipinski definition) is 2. The van der Waals surface area contributed by atoms with E-state index in [-0.39, 0.29) is 5.91 Å². The van der Waals surface area contributed by atoms with Gasteiger partial charge in [0.25, 0.3) is 0 Å². The number of benzene rings is 2. The molecule has 4 nitrogen and oxygen atoms in total. The molecular weight excluding hydrogens is 324 g/mol. The van der Waals surface area contributed by atoms with Crippen LogP contribution >= 0.6 is 0 Å². The molecule has 0 saturated carbocycles. The van der Waals surface area contributed by atoms with Crippen molar-refractivity contribution in [2.24, 2.45) is 0 Å². The van der Waals surface area contributed by atoms with Gasteiger partial charge in [-0.05, 0) is 30.7 Å². The summed E-state index contributed by atoms with van der Waals surface area (Å²) in [7, 11) is 0. The first kappa shape index (κ1) is 20.0. The maximum atomic E-state index is 12.0. The molecule has 0 aliphatic rings. The lowest BCUT2D eigenvalue weighted by atomic mass is 10.1. The molecule has 0 atom stereocenters. The lowest BCUT2D eigenvalue weighted by Gasteiger charge is -2.10. The second kappa shape index (κ2) is 12.1. The van der Waals surface area contributed by atoms with E-state index in [2.05, 4.69) is 17.6 Å². The molecule has 0 unspecified atom stereocenters. The van der Waals surface area contributed by atoms with E-state index < -0.39 is 0 Å². The quantitative estimate of drug-likeness (QED) is 0.540. The number of amides is 1. The number of ether oxygens (including phenoxy) is 1. The Hall–Kier alpha value is -2.33. The first-order chi connectivity index (χ1) is 12.8. The number of carbonyl (C=O) groups excluding carboxylic acids is 1. The number of hydrogen-bond acceptors (Lipinski definition) is 3. The smallest absolute Gasteiger partial charge is 0.238 e. The van der Waals surface area contributed by atoms with Gasteiger partial charge in [0.2, 0.25) is 5.91 Å². The van der Waals surface area contributed by atoms with E-state index in [0.717, 1.165) is 30.0 Å². The van der Waals surface area contributed by atoms with Crippen LogP contribution in [0.15, 0.2) is 54.6 Å². The summed E-state index contributed by atoms with van der Waals surface area (Å²) in [5.74, 6) is 0.717. The molecule has 0 aromatic heterocycles. The van der Waals surface area contributed by atoms with Gasteiger partial charge in [0, 0.05) is 11.8 Å². The Balaban J connectivity index is 1.67. The van der Waals surface area contributed by atoms with Crippen molar-refractivity contribution in [2.45, 2.75) is 45.6 Å². The van der Waals surface area contributed by atoms with Crippen molar-refractivity contribution in [2.75, 3.05) is 18.4 Å². The number of carbonyl (C=O) groups is 1. The van der Waals surface area contributed by atoms with E-state index in [1.807, 2.05) is 54.6 Å². The van der Waals surface area contributed by atoms with Gasteiger partial charge in [-0.1, -0.05) is 69.0 Å². The van der Waals surface area contributed by atoms with Gasteiger partial charge in [-0.2, -0.15) is 0 Å². The summed E-state index contributed by atoms with van der Waals surface area (Å²) in [5.41, 5.74) is 1.87. The molecule has 26 heavy (non-hydrogen) atoms. The predicted octanol–water partition coefficient (Wildman–Crippen LogP) is 4.76. The SMILES string of the molecule is CCCCCCCNCC(=O)Nc1cccc(OCc2ccccc2)c1. The molecule has 0 aliphatic carbocycles. The standard InChI is InChI=1S/C22H30N2O2/c1-2-3-4-5-9-15-23-17-22(25)24-20-13-10-14-21(16-20)26-18-19-11-7-6-8-12-19/h6-8,10-14,16,23H,2-5,9,15,17-18H2,1H3,(H,24,25). The summed E-state index contributed by atoms with van der Waals surface area (Å²) in [6.45, 7) is 3.95. The van der Waals surface area contributed by atoms with Gasteiger partial charge in [-0.15, -0.1) is 0 Å². The zero-order valence-electron chi connectivity index (χ0n) is 15.7. The second-order valence-electron chi connectivity index (χ2n) is 6.44. The van der Waals surface area contributed by atoms with Crippen LogP contribution in [0.4, 0.5) is 5.69 Å². The largest absolute Gasteiger partial charge is 0.489 e. The Bertz CT molecular complexity index is 644. The van der Waals surface area contributed by atoms with E-state index >= 15 is 0 Å². The normalized spacial score (nSPS) is 10.5. The predicted molar refractivity (Wildman–Crippen MR) is 107 cm³/mol. The Morgan fingerprint density at radius 1 is 0.962 bits per heavy atom. The van der Waals surface area contributed by atoms with Crippen LogP contribution in [0.3, 0.4) is 0 Å². The highest BCUT2D eigenvalue weighted by Crippen LogP contribution is 2.18. The minimum absolute atomic E-state index is 0.0289. The summed E-state index contributed by atoms with van der Waals surface area (Å²) < 4.78 is 5.79. The van der Waals surface area contributed by atoms with Gasteiger partial charge >= 0.3 is 0 Å². The summed E-state index contributed by atoms with van der Waals surface area (Å²) in [6, 6.07) is 17.5. The molecule has 0 radical (unpaired) electrons. The summed E-state index contributed by atoms with van der Waals surface area (Å²) in [4.78, 5) is 12.0. The van der Waals surface area contributed by atoms with Crippen molar-refractivity contribution < 1.29 is 9.53 Å². The highest BCUT2D eigenvalue weighted by atomic mass is 16.5. The van der Waals surface area contributed by atoms with Gasteiger partial charge in [0.05, 0.1) is 6.54 Å². The molecule has 0 spiro atoms. The minimum atomic E-state index is -0.0289. The Morgan fingerprint density at radius 2 is 1.77 bits per heavy atom. The van der Waals surface area contributed by atoms with E-state index in [0.29, 0.717) is 13.2 Å².